The van der Waals surface area contributed by atoms with Crippen molar-refractivity contribution in [2.24, 2.45) is 14.1 Å². The first kappa shape index (κ1) is 19.7. The normalized spacial score (nSPS) is 15.8. The van der Waals surface area contributed by atoms with Gasteiger partial charge in [-0.3, -0.25) is 19.4 Å². The summed E-state index contributed by atoms with van der Waals surface area (Å²) in [6.45, 7) is 2.71. The maximum atomic E-state index is 13.4. The highest BCUT2D eigenvalue weighted by molar-refractivity contribution is 5.98. The third-order valence-electron chi connectivity index (χ3n) is 6.80. The third-order valence-corrected chi connectivity index (χ3v) is 6.80. The number of aromatic nitrogens is 5. The molecule has 1 aliphatic rings. The van der Waals surface area contributed by atoms with Crippen LogP contribution in [0, 0.1) is 0 Å². The van der Waals surface area contributed by atoms with E-state index in [0.717, 1.165) is 28.8 Å². The summed E-state index contributed by atoms with van der Waals surface area (Å²) in [5.41, 5.74) is 7.87. The van der Waals surface area contributed by atoms with Crippen LogP contribution in [0.25, 0.3) is 33.2 Å². The maximum Gasteiger partial charge on any atom is 0.254 e. The SMILES string of the molecule is CC1c2nn(C)c(-c3cccc4c3ccn4C)c2CCN1C(=O)c1ccc2nccnc2c1. The van der Waals surface area contributed by atoms with E-state index in [9.17, 15) is 4.79 Å². The molecule has 6 rings (SSSR count). The lowest BCUT2D eigenvalue weighted by Crippen LogP contribution is -2.38. The topological polar surface area (TPSA) is 68.8 Å². The highest BCUT2D eigenvalue weighted by Crippen LogP contribution is 2.38. The van der Waals surface area contributed by atoms with E-state index in [1.165, 1.54) is 22.0 Å². The first-order chi connectivity index (χ1) is 16.0. The number of fused-ring (bicyclic) bond motifs is 3. The van der Waals surface area contributed by atoms with Crippen molar-refractivity contribution >= 4 is 27.8 Å². The molecule has 33 heavy (non-hydrogen) atoms. The lowest BCUT2D eigenvalue weighted by atomic mass is 9.94. The number of aryl methyl sites for hydroxylation is 2. The summed E-state index contributed by atoms with van der Waals surface area (Å²) in [6.07, 6.45) is 6.17. The number of nitrogens with zero attached hydrogens (tertiary/aromatic N) is 6. The fourth-order valence-corrected chi connectivity index (χ4v) is 5.13. The van der Waals surface area contributed by atoms with E-state index in [4.69, 9.17) is 5.10 Å². The van der Waals surface area contributed by atoms with E-state index in [-0.39, 0.29) is 11.9 Å². The number of carbonyl (C=O) groups is 1. The molecule has 0 saturated heterocycles. The molecule has 2 aromatic carbocycles. The van der Waals surface area contributed by atoms with Gasteiger partial charge in [-0.25, -0.2) is 0 Å². The summed E-state index contributed by atoms with van der Waals surface area (Å²) in [5.74, 6) is -0.00179. The molecule has 0 saturated carbocycles. The molecule has 0 aliphatic carbocycles. The van der Waals surface area contributed by atoms with Gasteiger partial charge in [-0.05, 0) is 43.7 Å². The molecule has 1 unspecified atom stereocenters. The largest absolute Gasteiger partial charge is 0.351 e. The van der Waals surface area contributed by atoms with Crippen LogP contribution >= 0.6 is 0 Å². The van der Waals surface area contributed by atoms with Gasteiger partial charge in [-0.2, -0.15) is 5.10 Å². The fraction of sp³-hybridized carbons (Fsp3) is 0.231. The zero-order valence-corrected chi connectivity index (χ0v) is 18.9. The molecule has 0 bridgehead atoms. The van der Waals surface area contributed by atoms with Gasteiger partial charge in [-0.1, -0.05) is 12.1 Å². The smallest absolute Gasteiger partial charge is 0.254 e. The molecular weight excluding hydrogens is 412 g/mol. The van der Waals surface area contributed by atoms with Gasteiger partial charge in [-0.15, -0.1) is 0 Å². The fourth-order valence-electron chi connectivity index (χ4n) is 5.13. The second-order valence-electron chi connectivity index (χ2n) is 8.69. The number of hydrogen-bond donors (Lipinski definition) is 0. The van der Waals surface area contributed by atoms with E-state index >= 15 is 0 Å². The minimum absolute atomic E-state index is 0.00179. The van der Waals surface area contributed by atoms with Crippen LogP contribution in [0.3, 0.4) is 0 Å². The van der Waals surface area contributed by atoms with Gasteiger partial charge in [0.25, 0.3) is 5.91 Å². The third kappa shape index (κ3) is 2.96. The Hall–Kier alpha value is -4.00. The van der Waals surface area contributed by atoms with Gasteiger partial charge in [0.2, 0.25) is 0 Å². The summed E-state index contributed by atoms with van der Waals surface area (Å²) >= 11 is 0. The van der Waals surface area contributed by atoms with Crippen molar-refractivity contribution in [1.29, 1.82) is 0 Å². The molecule has 0 spiro atoms. The van der Waals surface area contributed by atoms with Crippen LogP contribution in [0.1, 0.15) is 34.6 Å². The second kappa shape index (κ2) is 7.27. The van der Waals surface area contributed by atoms with Crippen molar-refractivity contribution in [1.82, 2.24) is 29.2 Å². The molecule has 3 aromatic heterocycles. The highest BCUT2D eigenvalue weighted by Gasteiger charge is 2.33. The Morgan fingerprint density at radius 2 is 1.85 bits per heavy atom. The molecule has 0 radical (unpaired) electrons. The van der Waals surface area contributed by atoms with Crippen molar-refractivity contribution in [2.75, 3.05) is 6.54 Å². The van der Waals surface area contributed by atoms with Gasteiger partial charge in [0.15, 0.2) is 0 Å². The quantitative estimate of drug-likeness (QED) is 0.414. The van der Waals surface area contributed by atoms with E-state index in [2.05, 4.69) is 59.0 Å². The Morgan fingerprint density at radius 1 is 1.03 bits per heavy atom. The molecule has 164 valence electrons. The van der Waals surface area contributed by atoms with Crippen LogP contribution in [-0.2, 0) is 20.5 Å². The van der Waals surface area contributed by atoms with Crippen LogP contribution < -0.4 is 0 Å². The van der Waals surface area contributed by atoms with Crippen molar-refractivity contribution < 1.29 is 4.79 Å². The van der Waals surface area contributed by atoms with Crippen molar-refractivity contribution in [3.05, 3.63) is 77.9 Å². The highest BCUT2D eigenvalue weighted by atomic mass is 16.2. The van der Waals surface area contributed by atoms with Crippen LogP contribution in [0.4, 0.5) is 0 Å². The number of carbonyl (C=O) groups excluding carboxylic acids is 1. The number of hydrogen-bond acceptors (Lipinski definition) is 4. The Morgan fingerprint density at radius 3 is 2.70 bits per heavy atom. The van der Waals surface area contributed by atoms with E-state index in [1.54, 1.807) is 12.4 Å². The minimum Gasteiger partial charge on any atom is -0.351 e. The van der Waals surface area contributed by atoms with E-state index < -0.39 is 0 Å². The lowest BCUT2D eigenvalue weighted by Gasteiger charge is -2.33. The molecule has 1 amide bonds. The van der Waals surface area contributed by atoms with Gasteiger partial charge in [0.1, 0.15) is 0 Å². The molecule has 1 atom stereocenters. The molecule has 0 N–H and O–H groups in total. The van der Waals surface area contributed by atoms with Crippen LogP contribution in [0.5, 0.6) is 0 Å². The summed E-state index contributed by atoms with van der Waals surface area (Å²) in [7, 11) is 4.06. The van der Waals surface area contributed by atoms with Crippen molar-refractivity contribution in [3.8, 4) is 11.3 Å². The summed E-state index contributed by atoms with van der Waals surface area (Å²) < 4.78 is 4.11. The van der Waals surface area contributed by atoms with Gasteiger partial charge < -0.3 is 9.47 Å². The number of benzene rings is 2. The molecular formula is C26H24N6O. The van der Waals surface area contributed by atoms with Gasteiger partial charge >= 0.3 is 0 Å². The zero-order chi connectivity index (χ0) is 22.7. The van der Waals surface area contributed by atoms with Crippen LogP contribution in [0.2, 0.25) is 0 Å². The van der Waals surface area contributed by atoms with Gasteiger partial charge in [0, 0.05) is 66.8 Å². The lowest BCUT2D eigenvalue weighted by molar-refractivity contribution is 0.0674. The molecule has 4 heterocycles. The first-order valence-corrected chi connectivity index (χ1v) is 11.1. The summed E-state index contributed by atoms with van der Waals surface area (Å²) in [6, 6.07) is 14.0. The predicted molar refractivity (Wildman–Crippen MR) is 128 cm³/mol. The van der Waals surface area contributed by atoms with Gasteiger partial charge in [0.05, 0.1) is 28.5 Å². The number of rotatable bonds is 2. The average molecular weight is 437 g/mol. The predicted octanol–water partition coefficient (Wildman–Crippen LogP) is 4.28. The Bertz CT molecular complexity index is 1550. The molecule has 5 aromatic rings. The molecule has 7 nitrogen and oxygen atoms in total. The van der Waals surface area contributed by atoms with Crippen LogP contribution in [-0.4, -0.2) is 41.7 Å². The molecule has 1 aliphatic heterocycles. The standard InChI is InChI=1S/C26H24N6O/c1-16-24-20(25(31(3)29-24)19-5-4-6-23-18(19)9-13-30(23)2)10-14-32(16)26(33)17-7-8-21-22(15-17)28-12-11-27-21/h4-9,11-13,15-16H,10,14H2,1-3H3. The minimum atomic E-state index is -0.117. The Kier molecular flexibility index (Phi) is 4.33. The van der Waals surface area contributed by atoms with E-state index in [1.807, 2.05) is 34.8 Å². The second-order valence-corrected chi connectivity index (χ2v) is 8.69. The monoisotopic (exact) mass is 436 g/mol. The summed E-state index contributed by atoms with van der Waals surface area (Å²) in [5, 5.41) is 6.11. The average Bonchev–Trinajstić information content (AvgIpc) is 3.38. The van der Waals surface area contributed by atoms with E-state index in [0.29, 0.717) is 12.1 Å². The van der Waals surface area contributed by atoms with Crippen molar-refractivity contribution in [2.45, 2.75) is 19.4 Å². The summed E-state index contributed by atoms with van der Waals surface area (Å²) in [4.78, 5) is 24.0. The first-order valence-electron chi connectivity index (χ1n) is 11.1. The molecule has 0 fully saturated rings. The Balaban J connectivity index is 1.39. The zero-order valence-electron chi connectivity index (χ0n) is 18.9. The van der Waals surface area contributed by atoms with Crippen molar-refractivity contribution in [3.63, 3.8) is 0 Å². The number of amides is 1. The Labute approximate surface area is 191 Å². The maximum absolute atomic E-state index is 13.4. The van der Waals surface area contributed by atoms with Crippen LogP contribution in [0.15, 0.2) is 61.1 Å². The molecule has 7 heteroatoms.